The van der Waals surface area contributed by atoms with Crippen LogP contribution in [0.25, 0.3) is 0 Å². The van der Waals surface area contributed by atoms with E-state index in [9.17, 15) is 14.4 Å². The molecule has 1 N–H and O–H groups in total. The maximum Gasteiger partial charge on any atom is 0.341 e. The van der Waals surface area contributed by atoms with Crippen molar-refractivity contribution in [2.45, 2.75) is 33.1 Å². The van der Waals surface area contributed by atoms with E-state index in [0.717, 1.165) is 29.7 Å². The topological polar surface area (TPSA) is 81.7 Å². The van der Waals surface area contributed by atoms with Crippen LogP contribution in [-0.2, 0) is 31.9 Å². The molecule has 0 atom stereocenters. The van der Waals surface area contributed by atoms with Crippen molar-refractivity contribution in [1.29, 1.82) is 0 Å². The summed E-state index contributed by atoms with van der Waals surface area (Å²) in [6.45, 7) is 3.42. The van der Waals surface area contributed by atoms with Gasteiger partial charge in [-0.15, -0.1) is 11.3 Å². The average Bonchev–Trinajstić information content (AvgIpc) is 3.13. The van der Waals surface area contributed by atoms with Crippen molar-refractivity contribution in [3.63, 3.8) is 0 Å². The van der Waals surface area contributed by atoms with Gasteiger partial charge in [-0.1, -0.05) is 18.2 Å². The number of hydrogen-bond acceptors (Lipinski definition) is 6. The predicted octanol–water partition coefficient (Wildman–Crippen LogP) is 3.03. The minimum absolute atomic E-state index is 0.271. The van der Waals surface area contributed by atoms with Crippen LogP contribution in [0.5, 0.6) is 0 Å². The van der Waals surface area contributed by atoms with Gasteiger partial charge in [-0.3, -0.25) is 4.79 Å². The van der Waals surface area contributed by atoms with Crippen LogP contribution in [0.2, 0.25) is 0 Å². The fraction of sp³-hybridized carbons (Fsp3) is 0.389. The number of aryl methyl sites for hydroxylation is 1. The van der Waals surface area contributed by atoms with Crippen LogP contribution in [0.4, 0.5) is 5.00 Å². The maximum atomic E-state index is 12.2. The molecule has 0 aromatic carbocycles. The molecule has 134 valence electrons. The number of carbonyl (C=O) groups is 3. The lowest BCUT2D eigenvalue weighted by molar-refractivity contribution is -0.142. The van der Waals surface area contributed by atoms with Crippen LogP contribution in [0.1, 0.15) is 41.1 Å². The highest BCUT2D eigenvalue weighted by atomic mass is 32.1. The number of fused-ring (bicyclic) bond motifs is 1. The van der Waals surface area contributed by atoms with Crippen LogP contribution in [0.3, 0.4) is 0 Å². The molecule has 25 heavy (non-hydrogen) atoms. The summed E-state index contributed by atoms with van der Waals surface area (Å²) in [5.74, 6) is -1.52. The van der Waals surface area contributed by atoms with E-state index in [4.69, 9.17) is 9.47 Å². The number of allylic oxidation sites excluding steroid dienone is 3. The van der Waals surface area contributed by atoms with E-state index in [1.54, 1.807) is 19.1 Å². The third-order valence-electron chi connectivity index (χ3n) is 3.54. The molecule has 0 bridgehead atoms. The second-order valence-corrected chi connectivity index (χ2v) is 6.43. The fourth-order valence-corrected chi connectivity index (χ4v) is 3.80. The third kappa shape index (κ3) is 5.03. The Bertz CT molecular complexity index is 717. The Morgan fingerprint density at radius 2 is 2.00 bits per heavy atom. The molecule has 1 amide bonds. The maximum absolute atomic E-state index is 12.2. The minimum Gasteiger partial charge on any atom is -0.462 e. The molecule has 0 fully saturated rings. The van der Waals surface area contributed by atoms with Crippen LogP contribution in [0.15, 0.2) is 24.3 Å². The van der Waals surface area contributed by atoms with Gasteiger partial charge in [-0.25, -0.2) is 9.59 Å². The Morgan fingerprint density at radius 3 is 2.72 bits per heavy atom. The number of carbonyl (C=O) groups excluding carboxylic acids is 3. The molecule has 1 heterocycles. The van der Waals surface area contributed by atoms with Crippen molar-refractivity contribution in [3.8, 4) is 0 Å². The van der Waals surface area contributed by atoms with E-state index in [0.29, 0.717) is 10.6 Å². The van der Waals surface area contributed by atoms with Crippen LogP contribution >= 0.6 is 11.3 Å². The van der Waals surface area contributed by atoms with Crippen LogP contribution in [0, 0.1) is 0 Å². The van der Waals surface area contributed by atoms with Crippen molar-refractivity contribution in [1.82, 2.24) is 0 Å². The molecule has 0 saturated heterocycles. The van der Waals surface area contributed by atoms with E-state index >= 15 is 0 Å². The molecule has 0 aliphatic heterocycles. The smallest absolute Gasteiger partial charge is 0.341 e. The molecule has 1 aromatic heterocycles. The molecule has 6 nitrogen and oxygen atoms in total. The van der Waals surface area contributed by atoms with Crippen LogP contribution < -0.4 is 5.32 Å². The first-order valence-corrected chi connectivity index (χ1v) is 8.96. The van der Waals surface area contributed by atoms with E-state index in [-0.39, 0.29) is 6.61 Å². The highest BCUT2D eigenvalue weighted by Crippen LogP contribution is 2.39. The number of rotatable bonds is 7. The van der Waals surface area contributed by atoms with Crippen molar-refractivity contribution in [2.75, 3.05) is 18.5 Å². The van der Waals surface area contributed by atoms with Gasteiger partial charge >= 0.3 is 11.9 Å². The van der Waals surface area contributed by atoms with Gasteiger partial charge in [-0.05, 0) is 38.7 Å². The molecule has 1 aliphatic carbocycles. The first-order valence-electron chi connectivity index (χ1n) is 8.14. The van der Waals surface area contributed by atoms with Crippen molar-refractivity contribution < 1.29 is 23.9 Å². The largest absolute Gasteiger partial charge is 0.462 e. The Kier molecular flexibility index (Phi) is 6.94. The summed E-state index contributed by atoms with van der Waals surface area (Å²) in [4.78, 5) is 36.8. The zero-order valence-corrected chi connectivity index (χ0v) is 15.1. The summed E-state index contributed by atoms with van der Waals surface area (Å²) in [5.41, 5.74) is 1.40. The number of hydrogen-bond donors (Lipinski definition) is 1. The summed E-state index contributed by atoms with van der Waals surface area (Å²) in [6, 6.07) is 0. The third-order valence-corrected chi connectivity index (χ3v) is 4.74. The van der Waals surface area contributed by atoms with Crippen molar-refractivity contribution >= 4 is 34.2 Å². The number of ether oxygens (including phenoxy) is 2. The Hall–Kier alpha value is -2.41. The SMILES string of the molecule is CC=CC=CC(=O)OCC(=O)Nc1sc2c(c1C(=O)OCC)CCC2. The number of nitrogens with one attached hydrogen (secondary N) is 1. The normalized spacial score (nSPS) is 13.2. The number of amides is 1. The number of esters is 2. The molecule has 1 aromatic rings. The first kappa shape index (κ1) is 18.9. The zero-order valence-electron chi connectivity index (χ0n) is 14.3. The summed E-state index contributed by atoms with van der Waals surface area (Å²) < 4.78 is 9.97. The van der Waals surface area contributed by atoms with Gasteiger partial charge in [0.2, 0.25) is 0 Å². The van der Waals surface area contributed by atoms with Crippen molar-refractivity contribution in [2.24, 2.45) is 0 Å². The molecular weight excluding hydrogens is 342 g/mol. The molecule has 0 radical (unpaired) electrons. The second-order valence-electron chi connectivity index (χ2n) is 5.32. The zero-order chi connectivity index (χ0) is 18.2. The monoisotopic (exact) mass is 363 g/mol. The Morgan fingerprint density at radius 1 is 1.20 bits per heavy atom. The van der Waals surface area contributed by atoms with E-state index < -0.39 is 24.5 Å². The minimum atomic E-state index is -0.604. The number of thiophene rings is 1. The van der Waals surface area contributed by atoms with Crippen LogP contribution in [-0.4, -0.2) is 31.1 Å². The first-order chi connectivity index (χ1) is 12.1. The number of anilines is 1. The van der Waals surface area contributed by atoms with E-state index in [1.165, 1.54) is 23.5 Å². The van der Waals surface area contributed by atoms with E-state index in [2.05, 4.69) is 5.32 Å². The van der Waals surface area contributed by atoms with Gasteiger partial charge in [0.05, 0.1) is 12.2 Å². The molecule has 2 rings (SSSR count). The lowest BCUT2D eigenvalue weighted by Gasteiger charge is -2.08. The lowest BCUT2D eigenvalue weighted by Crippen LogP contribution is -2.21. The average molecular weight is 363 g/mol. The predicted molar refractivity (Wildman–Crippen MR) is 95.8 cm³/mol. The second kappa shape index (κ2) is 9.17. The molecule has 1 aliphatic rings. The Balaban J connectivity index is 2.01. The fourth-order valence-electron chi connectivity index (χ4n) is 2.50. The highest BCUT2D eigenvalue weighted by Gasteiger charge is 2.28. The van der Waals surface area contributed by atoms with Crippen molar-refractivity contribution in [3.05, 3.63) is 40.3 Å². The van der Waals surface area contributed by atoms with E-state index in [1.807, 2.05) is 6.92 Å². The van der Waals surface area contributed by atoms with Gasteiger partial charge in [0.25, 0.3) is 5.91 Å². The van der Waals surface area contributed by atoms with Gasteiger partial charge in [0.15, 0.2) is 6.61 Å². The Labute approximate surface area is 150 Å². The van der Waals surface area contributed by atoms with Gasteiger partial charge in [-0.2, -0.15) is 0 Å². The van der Waals surface area contributed by atoms with Gasteiger partial charge < -0.3 is 14.8 Å². The standard InChI is InChI=1S/C18H21NO5S/c1-3-5-6-10-15(21)24-11-14(20)19-17-16(18(22)23-4-2)12-8-7-9-13(12)25-17/h3,5-6,10H,4,7-9,11H2,1-2H3,(H,19,20). The molecule has 0 unspecified atom stereocenters. The lowest BCUT2D eigenvalue weighted by atomic mass is 10.1. The molecule has 7 heteroatoms. The van der Waals surface area contributed by atoms with Gasteiger partial charge in [0, 0.05) is 11.0 Å². The summed E-state index contributed by atoms with van der Waals surface area (Å²) in [7, 11) is 0. The molecule has 0 saturated carbocycles. The highest BCUT2D eigenvalue weighted by molar-refractivity contribution is 7.17. The summed E-state index contributed by atoms with van der Waals surface area (Å²) >= 11 is 1.39. The quantitative estimate of drug-likeness (QED) is 0.457. The van der Waals surface area contributed by atoms with Gasteiger partial charge in [0.1, 0.15) is 5.00 Å². The summed E-state index contributed by atoms with van der Waals surface area (Å²) in [5, 5.41) is 3.13. The summed E-state index contributed by atoms with van der Waals surface area (Å²) in [6.07, 6.45) is 8.91. The molecule has 0 spiro atoms. The molecular formula is C18H21NO5S.